The second kappa shape index (κ2) is 10.5. The van der Waals surface area contributed by atoms with Gasteiger partial charge in [0, 0.05) is 38.7 Å². The lowest BCUT2D eigenvalue weighted by molar-refractivity contribution is 0.145. The molecule has 0 bridgehead atoms. The number of nitrogens with zero attached hydrogens (tertiary/aromatic N) is 5. The van der Waals surface area contributed by atoms with E-state index >= 15 is 0 Å². The van der Waals surface area contributed by atoms with Crippen LogP contribution in [0.5, 0.6) is 0 Å². The summed E-state index contributed by atoms with van der Waals surface area (Å²) in [7, 11) is 3.97. The van der Waals surface area contributed by atoms with Gasteiger partial charge in [0.2, 0.25) is 0 Å². The number of guanidine groups is 1. The maximum Gasteiger partial charge on any atom is 0.194 e. The molecule has 0 aliphatic carbocycles. The maximum atomic E-state index is 6.04. The normalized spacial score (nSPS) is 11.8. The largest absolute Gasteiger partial charge is 0.382 e. The number of ether oxygens (including phenoxy) is 1. The zero-order valence-electron chi connectivity index (χ0n) is 15.8. The number of rotatable bonds is 9. The fourth-order valence-corrected chi connectivity index (χ4v) is 3.45. The van der Waals surface area contributed by atoms with Gasteiger partial charge in [0.1, 0.15) is 12.4 Å². The summed E-state index contributed by atoms with van der Waals surface area (Å²) < 4.78 is 8.14. The fraction of sp³-hybridized carbons (Fsp3) is 0.588. The molecule has 0 atom stereocenters. The van der Waals surface area contributed by atoms with Crippen molar-refractivity contribution < 1.29 is 4.74 Å². The van der Waals surface area contributed by atoms with E-state index in [2.05, 4.69) is 20.4 Å². The molecule has 26 heavy (non-hydrogen) atoms. The molecule has 0 aliphatic heterocycles. The molecule has 144 valence electrons. The van der Waals surface area contributed by atoms with Crippen molar-refractivity contribution in [2.45, 2.75) is 33.4 Å². The molecule has 2 rings (SSSR count). The van der Waals surface area contributed by atoms with Crippen LogP contribution in [0.4, 0.5) is 0 Å². The van der Waals surface area contributed by atoms with Crippen LogP contribution in [0.1, 0.15) is 29.9 Å². The molecule has 9 heteroatoms. The van der Waals surface area contributed by atoms with Crippen LogP contribution in [0.2, 0.25) is 4.34 Å². The molecule has 2 heterocycles. The first-order chi connectivity index (χ1) is 12.5. The Hall–Kier alpha value is -1.64. The van der Waals surface area contributed by atoms with Gasteiger partial charge >= 0.3 is 0 Å². The zero-order valence-corrected chi connectivity index (χ0v) is 17.4. The molecular weight excluding hydrogens is 372 g/mol. The van der Waals surface area contributed by atoms with Gasteiger partial charge in [0.15, 0.2) is 11.8 Å². The topological polar surface area (TPSA) is 67.6 Å². The SMILES string of the molecule is CCOCCCNC(=NCc1nnc(C)n1C)N(C)Cc1ccc(Cl)s1. The summed E-state index contributed by atoms with van der Waals surface area (Å²) in [5.41, 5.74) is 0. The number of hydrogen-bond donors (Lipinski definition) is 1. The van der Waals surface area contributed by atoms with E-state index < -0.39 is 0 Å². The molecule has 0 aliphatic rings. The molecule has 0 saturated heterocycles. The first-order valence-corrected chi connectivity index (χ1v) is 9.87. The standard InChI is InChI=1S/C17H27ClN6OS/c1-5-25-10-6-9-19-17(20-11-16-22-21-13(2)24(16)4)23(3)12-14-7-8-15(18)26-14/h7-8H,5-6,9-12H2,1-4H3,(H,19,20). The van der Waals surface area contributed by atoms with Crippen LogP contribution >= 0.6 is 22.9 Å². The van der Waals surface area contributed by atoms with E-state index in [4.69, 9.17) is 21.3 Å². The smallest absolute Gasteiger partial charge is 0.194 e. The van der Waals surface area contributed by atoms with Gasteiger partial charge in [-0.15, -0.1) is 21.5 Å². The molecule has 2 aromatic heterocycles. The molecule has 0 saturated carbocycles. The molecule has 1 N–H and O–H groups in total. The van der Waals surface area contributed by atoms with Crippen molar-refractivity contribution in [3.05, 3.63) is 33.0 Å². The van der Waals surface area contributed by atoms with Gasteiger partial charge in [-0.1, -0.05) is 11.6 Å². The van der Waals surface area contributed by atoms with E-state index in [1.54, 1.807) is 11.3 Å². The van der Waals surface area contributed by atoms with Crippen molar-refractivity contribution in [3.63, 3.8) is 0 Å². The summed E-state index contributed by atoms with van der Waals surface area (Å²) in [5, 5.41) is 11.7. The second-order valence-electron chi connectivity index (χ2n) is 5.90. The van der Waals surface area contributed by atoms with Crippen molar-refractivity contribution in [2.24, 2.45) is 12.0 Å². The highest BCUT2D eigenvalue weighted by molar-refractivity contribution is 7.16. The Morgan fingerprint density at radius 1 is 1.42 bits per heavy atom. The van der Waals surface area contributed by atoms with Crippen molar-refractivity contribution >= 4 is 28.9 Å². The Kier molecular flexibility index (Phi) is 8.34. The predicted octanol–water partition coefficient (Wildman–Crippen LogP) is 2.84. The van der Waals surface area contributed by atoms with Crippen LogP contribution in [0.15, 0.2) is 17.1 Å². The van der Waals surface area contributed by atoms with Crippen molar-refractivity contribution in [2.75, 3.05) is 26.8 Å². The average Bonchev–Trinajstić information content (AvgIpc) is 3.16. The quantitative estimate of drug-likeness (QED) is 0.399. The zero-order chi connectivity index (χ0) is 18.9. The number of aromatic nitrogens is 3. The van der Waals surface area contributed by atoms with E-state index in [9.17, 15) is 0 Å². The first-order valence-electron chi connectivity index (χ1n) is 8.67. The molecular formula is C17H27ClN6OS. The molecule has 0 amide bonds. The Morgan fingerprint density at radius 2 is 2.23 bits per heavy atom. The maximum absolute atomic E-state index is 6.04. The van der Waals surface area contributed by atoms with Crippen LogP contribution in [-0.2, 0) is 24.9 Å². The van der Waals surface area contributed by atoms with Crippen LogP contribution < -0.4 is 5.32 Å². The highest BCUT2D eigenvalue weighted by Crippen LogP contribution is 2.22. The number of thiophene rings is 1. The minimum Gasteiger partial charge on any atom is -0.382 e. The molecule has 0 unspecified atom stereocenters. The van der Waals surface area contributed by atoms with Crippen molar-refractivity contribution in [1.82, 2.24) is 25.0 Å². The van der Waals surface area contributed by atoms with Crippen LogP contribution in [0, 0.1) is 6.92 Å². The van der Waals surface area contributed by atoms with E-state index in [1.165, 1.54) is 4.88 Å². The van der Waals surface area contributed by atoms with Crippen molar-refractivity contribution in [3.8, 4) is 0 Å². The number of hydrogen-bond acceptors (Lipinski definition) is 5. The summed E-state index contributed by atoms with van der Waals surface area (Å²) in [6.45, 7) is 7.43. The third kappa shape index (κ3) is 6.26. The number of nitrogens with one attached hydrogen (secondary N) is 1. The summed E-state index contributed by atoms with van der Waals surface area (Å²) in [4.78, 5) is 8.01. The number of aryl methyl sites for hydroxylation is 1. The lowest BCUT2D eigenvalue weighted by Crippen LogP contribution is -2.39. The Balaban J connectivity index is 2.01. The van der Waals surface area contributed by atoms with Crippen LogP contribution in [0.3, 0.4) is 0 Å². The fourth-order valence-electron chi connectivity index (χ4n) is 2.31. The minimum atomic E-state index is 0.473. The number of halogens is 1. The van der Waals surface area contributed by atoms with Crippen molar-refractivity contribution in [1.29, 1.82) is 0 Å². The lowest BCUT2D eigenvalue weighted by atomic mass is 10.4. The van der Waals surface area contributed by atoms with Gasteiger partial charge < -0.3 is 19.5 Å². The van der Waals surface area contributed by atoms with Crippen LogP contribution in [-0.4, -0.2) is 52.4 Å². The number of aliphatic imine (C=N–C) groups is 1. The van der Waals surface area contributed by atoms with E-state index in [-0.39, 0.29) is 0 Å². The summed E-state index contributed by atoms with van der Waals surface area (Å²) in [5.74, 6) is 2.54. The molecule has 0 radical (unpaired) electrons. The molecule has 7 nitrogen and oxygen atoms in total. The highest BCUT2D eigenvalue weighted by Gasteiger charge is 2.10. The average molecular weight is 399 g/mol. The van der Waals surface area contributed by atoms with Gasteiger partial charge in [-0.05, 0) is 32.4 Å². The Morgan fingerprint density at radius 3 is 2.85 bits per heavy atom. The van der Waals surface area contributed by atoms with Gasteiger partial charge in [-0.3, -0.25) is 0 Å². The van der Waals surface area contributed by atoms with Gasteiger partial charge in [-0.2, -0.15) is 0 Å². The lowest BCUT2D eigenvalue weighted by Gasteiger charge is -2.22. The highest BCUT2D eigenvalue weighted by atomic mass is 35.5. The second-order valence-corrected chi connectivity index (χ2v) is 7.70. The third-order valence-electron chi connectivity index (χ3n) is 3.89. The minimum absolute atomic E-state index is 0.473. The first kappa shape index (κ1) is 20.7. The summed E-state index contributed by atoms with van der Waals surface area (Å²) >= 11 is 7.62. The van der Waals surface area contributed by atoms with E-state index in [0.717, 1.165) is 54.7 Å². The van der Waals surface area contributed by atoms with Gasteiger partial charge in [0.05, 0.1) is 10.9 Å². The van der Waals surface area contributed by atoms with E-state index in [0.29, 0.717) is 6.54 Å². The van der Waals surface area contributed by atoms with Gasteiger partial charge in [0.25, 0.3) is 0 Å². The molecule has 2 aromatic rings. The Labute approximate surface area is 164 Å². The Bertz CT molecular complexity index is 714. The predicted molar refractivity (Wildman–Crippen MR) is 107 cm³/mol. The third-order valence-corrected chi connectivity index (χ3v) is 5.11. The monoisotopic (exact) mass is 398 g/mol. The summed E-state index contributed by atoms with van der Waals surface area (Å²) in [6, 6.07) is 3.96. The van der Waals surface area contributed by atoms with Gasteiger partial charge in [-0.25, -0.2) is 4.99 Å². The summed E-state index contributed by atoms with van der Waals surface area (Å²) in [6.07, 6.45) is 0.925. The molecule has 0 spiro atoms. The molecule has 0 aromatic carbocycles. The van der Waals surface area contributed by atoms with E-state index in [1.807, 2.05) is 44.6 Å². The molecule has 0 fully saturated rings. The van der Waals surface area contributed by atoms with Crippen LogP contribution in [0.25, 0.3) is 0 Å².